The lowest BCUT2D eigenvalue weighted by atomic mass is 10.5. The van der Waals surface area contributed by atoms with Gasteiger partial charge in [0, 0.05) is 6.10 Å². The van der Waals surface area contributed by atoms with Crippen LogP contribution < -0.4 is 0 Å². The molecule has 0 spiro atoms. The molecule has 0 aromatic heterocycles. The Morgan fingerprint density at radius 3 is 2.75 bits per heavy atom. The number of hydrogen-bond acceptors (Lipinski definition) is 1. The molecule has 0 aliphatic rings. The molecule has 1 nitrogen and oxygen atoms in total. The Bertz CT molecular complexity index is 61.5. The molecule has 0 saturated heterocycles. The van der Waals surface area contributed by atoms with Crippen molar-refractivity contribution >= 4 is 9.76 Å². The lowest BCUT2D eigenvalue weighted by Crippen LogP contribution is -2.05. The summed E-state index contributed by atoms with van der Waals surface area (Å²) in [6.07, 6.45) is 2.24. The van der Waals surface area contributed by atoms with Gasteiger partial charge in [-0.2, -0.15) is 0 Å². The smallest absolute Gasteiger partial charge is 0.234 e. The Kier molecular flexibility index (Phi) is 5.01. The minimum atomic E-state index is 0.369. The molecule has 2 radical (unpaired) electrons. The highest BCUT2D eigenvalue weighted by molar-refractivity contribution is 6.27. The van der Waals surface area contributed by atoms with Gasteiger partial charge in [-0.05, 0) is 19.9 Å². The second-order valence-electron chi connectivity index (χ2n) is 1.80. The average Bonchev–Trinajstić information content (AvgIpc) is 1.66. The standard InChI is InChI=1S/C6H12OSi/c1-4-5-8-7-6(2)3/h4,6H,1,5H2,2-3H3. The van der Waals surface area contributed by atoms with Crippen molar-refractivity contribution in [1.82, 2.24) is 0 Å². The van der Waals surface area contributed by atoms with E-state index in [1.165, 1.54) is 0 Å². The van der Waals surface area contributed by atoms with Crippen LogP contribution in [0.1, 0.15) is 13.8 Å². The predicted octanol–water partition coefficient (Wildman–Crippen LogP) is 1.63. The first-order valence-electron chi connectivity index (χ1n) is 2.76. The van der Waals surface area contributed by atoms with Crippen molar-refractivity contribution in [2.75, 3.05) is 0 Å². The van der Waals surface area contributed by atoms with Crippen LogP contribution in [0.5, 0.6) is 0 Å². The maximum atomic E-state index is 5.24. The molecule has 0 aromatic carbocycles. The van der Waals surface area contributed by atoms with E-state index in [1.807, 2.05) is 19.9 Å². The zero-order valence-electron chi connectivity index (χ0n) is 5.48. The van der Waals surface area contributed by atoms with Gasteiger partial charge >= 0.3 is 0 Å². The Hall–Kier alpha value is -0.0831. The van der Waals surface area contributed by atoms with Crippen molar-refractivity contribution in [2.24, 2.45) is 0 Å². The summed E-state index contributed by atoms with van der Waals surface area (Å²) in [6.45, 7) is 7.66. The number of allylic oxidation sites excluding steroid dienone is 1. The molecule has 0 aliphatic heterocycles. The third-order valence-electron chi connectivity index (χ3n) is 0.547. The zero-order valence-corrected chi connectivity index (χ0v) is 6.48. The molecule has 0 amide bonds. The second kappa shape index (κ2) is 5.06. The summed E-state index contributed by atoms with van der Waals surface area (Å²) in [4.78, 5) is 0. The highest BCUT2D eigenvalue weighted by atomic mass is 28.2. The lowest BCUT2D eigenvalue weighted by Gasteiger charge is -2.02. The first-order chi connectivity index (χ1) is 3.77. The largest absolute Gasteiger partial charge is 0.415 e. The van der Waals surface area contributed by atoms with E-state index in [-0.39, 0.29) is 0 Å². The monoisotopic (exact) mass is 128 g/mol. The van der Waals surface area contributed by atoms with Crippen LogP contribution in [-0.4, -0.2) is 15.9 Å². The predicted molar refractivity (Wildman–Crippen MR) is 37.0 cm³/mol. The molecule has 0 atom stereocenters. The SMILES string of the molecule is C=CC[Si]OC(C)C. The van der Waals surface area contributed by atoms with Gasteiger partial charge in [-0.25, -0.2) is 0 Å². The lowest BCUT2D eigenvalue weighted by molar-refractivity contribution is 0.256. The fourth-order valence-corrected chi connectivity index (χ4v) is 0.821. The molecule has 0 saturated carbocycles. The van der Waals surface area contributed by atoms with Crippen LogP contribution in [0.2, 0.25) is 6.04 Å². The number of hydrogen-bond donors (Lipinski definition) is 0. The van der Waals surface area contributed by atoms with Crippen LogP contribution in [0, 0.1) is 0 Å². The molecule has 8 heavy (non-hydrogen) atoms. The van der Waals surface area contributed by atoms with E-state index in [9.17, 15) is 0 Å². The van der Waals surface area contributed by atoms with Crippen molar-refractivity contribution in [1.29, 1.82) is 0 Å². The van der Waals surface area contributed by atoms with Crippen molar-refractivity contribution in [3.05, 3.63) is 12.7 Å². The van der Waals surface area contributed by atoms with Gasteiger partial charge in [0.25, 0.3) is 0 Å². The molecule has 0 bridgehead atoms. The van der Waals surface area contributed by atoms with E-state index >= 15 is 0 Å². The molecule has 0 N–H and O–H groups in total. The molecule has 0 aromatic rings. The Morgan fingerprint density at radius 2 is 2.38 bits per heavy atom. The van der Waals surface area contributed by atoms with Gasteiger partial charge in [0.05, 0.1) is 0 Å². The van der Waals surface area contributed by atoms with Crippen LogP contribution in [-0.2, 0) is 4.43 Å². The second-order valence-corrected chi connectivity index (χ2v) is 2.74. The Labute approximate surface area is 53.7 Å². The van der Waals surface area contributed by atoms with Crippen LogP contribution in [0.3, 0.4) is 0 Å². The van der Waals surface area contributed by atoms with Gasteiger partial charge in [-0.15, -0.1) is 6.58 Å². The van der Waals surface area contributed by atoms with Crippen molar-refractivity contribution in [3.63, 3.8) is 0 Å². The average molecular weight is 128 g/mol. The summed E-state index contributed by atoms with van der Waals surface area (Å²) in [5.41, 5.74) is 0. The molecule has 0 heterocycles. The molecule has 0 fully saturated rings. The summed E-state index contributed by atoms with van der Waals surface area (Å²) in [7, 11) is 0.595. The molecule has 0 rings (SSSR count). The van der Waals surface area contributed by atoms with Gasteiger partial charge in [-0.3, -0.25) is 0 Å². The first kappa shape index (κ1) is 7.92. The molecule has 46 valence electrons. The van der Waals surface area contributed by atoms with Crippen LogP contribution in [0.25, 0.3) is 0 Å². The van der Waals surface area contributed by atoms with E-state index in [4.69, 9.17) is 4.43 Å². The molecular formula is C6H12OSi. The zero-order chi connectivity index (χ0) is 6.41. The summed E-state index contributed by atoms with van der Waals surface area (Å²) < 4.78 is 5.24. The summed E-state index contributed by atoms with van der Waals surface area (Å²) >= 11 is 0. The van der Waals surface area contributed by atoms with E-state index in [2.05, 4.69) is 6.58 Å². The summed E-state index contributed by atoms with van der Waals surface area (Å²) in [5, 5.41) is 0. The molecule has 2 heteroatoms. The molecule has 0 unspecified atom stereocenters. The Balaban J connectivity index is 2.81. The maximum absolute atomic E-state index is 5.24. The minimum Gasteiger partial charge on any atom is -0.415 e. The third kappa shape index (κ3) is 5.92. The van der Waals surface area contributed by atoms with Crippen LogP contribution in [0.15, 0.2) is 12.7 Å². The quantitative estimate of drug-likeness (QED) is 0.318. The third-order valence-corrected chi connectivity index (χ3v) is 1.64. The van der Waals surface area contributed by atoms with E-state index in [0.717, 1.165) is 6.04 Å². The van der Waals surface area contributed by atoms with Gasteiger partial charge in [0.15, 0.2) is 0 Å². The van der Waals surface area contributed by atoms with E-state index in [1.54, 1.807) is 0 Å². The minimum absolute atomic E-state index is 0.369. The highest BCUT2D eigenvalue weighted by Gasteiger charge is 1.90. The van der Waals surface area contributed by atoms with Gasteiger partial charge < -0.3 is 4.43 Å². The highest BCUT2D eigenvalue weighted by Crippen LogP contribution is 1.87. The number of rotatable bonds is 4. The van der Waals surface area contributed by atoms with Crippen molar-refractivity contribution in [3.8, 4) is 0 Å². The Morgan fingerprint density at radius 1 is 1.75 bits per heavy atom. The first-order valence-corrected chi connectivity index (χ1v) is 3.88. The van der Waals surface area contributed by atoms with Gasteiger partial charge in [0.2, 0.25) is 9.76 Å². The fourth-order valence-electron chi connectivity index (χ4n) is 0.274. The molecule has 0 aliphatic carbocycles. The van der Waals surface area contributed by atoms with Gasteiger partial charge in [-0.1, -0.05) is 6.08 Å². The molecular weight excluding hydrogens is 116 g/mol. The topological polar surface area (TPSA) is 9.23 Å². The summed E-state index contributed by atoms with van der Waals surface area (Å²) in [5.74, 6) is 0. The fraction of sp³-hybridized carbons (Fsp3) is 0.667. The van der Waals surface area contributed by atoms with E-state index < -0.39 is 0 Å². The van der Waals surface area contributed by atoms with Crippen molar-refractivity contribution in [2.45, 2.75) is 26.0 Å². The van der Waals surface area contributed by atoms with E-state index in [0.29, 0.717) is 15.9 Å². The van der Waals surface area contributed by atoms with Crippen molar-refractivity contribution < 1.29 is 4.43 Å². The maximum Gasteiger partial charge on any atom is 0.234 e. The van der Waals surface area contributed by atoms with Gasteiger partial charge in [0.1, 0.15) is 0 Å². The van der Waals surface area contributed by atoms with Crippen LogP contribution >= 0.6 is 0 Å². The summed E-state index contributed by atoms with van der Waals surface area (Å²) in [6, 6.07) is 0.984. The van der Waals surface area contributed by atoms with Crippen LogP contribution in [0.4, 0.5) is 0 Å². The normalized spacial score (nSPS) is 9.88.